The zero-order valence-electron chi connectivity index (χ0n) is 6.53. The SMILES string of the molecule is CC[C@@H](N)c1ccncc1.Cl. The van der Waals surface area contributed by atoms with Crippen LogP contribution >= 0.6 is 12.4 Å². The first-order valence-electron chi connectivity index (χ1n) is 3.50. The lowest BCUT2D eigenvalue weighted by atomic mass is 10.1. The number of pyridine rings is 1. The van der Waals surface area contributed by atoms with Gasteiger partial charge in [-0.15, -0.1) is 12.4 Å². The van der Waals surface area contributed by atoms with Gasteiger partial charge in [0.2, 0.25) is 0 Å². The number of hydrogen-bond acceptors (Lipinski definition) is 2. The number of nitrogens with two attached hydrogens (primary N) is 1. The van der Waals surface area contributed by atoms with Gasteiger partial charge in [0, 0.05) is 18.4 Å². The molecule has 0 aliphatic heterocycles. The highest BCUT2D eigenvalue weighted by Gasteiger charge is 1.99. The van der Waals surface area contributed by atoms with Crippen molar-refractivity contribution >= 4 is 12.4 Å². The molecule has 1 atom stereocenters. The molecule has 0 fully saturated rings. The minimum absolute atomic E-state index is 0. The molecule has 0 aliphatic carbocycles. The molecule has 0 saturated heterocycles. The molecule has 3 heteroatoms. The lowest BCUT2D eigenvalue weighted by Gasteiger charge is -2.06. The summed E-state index contributed by atoms with van der Waals surface area (Å²) in [6, 6.07) is 4.07. The normalized spacial score (nSPS) is 11.8. The van der Waals surface area contributed by atoms with Gasteiger partial charge < -0.3 is 5.73 Å². The molecule has 1 rings (SSSR count). The van der Waals surface area contributed by atoms with Gasteiger partial charge in [0.25, 0.3) is 0 Å². The molecule has 1 aromatic heterocycles. The van der Waals surface area contributed by atoms with E-state index in [9.17, 15) is 0 Å². The molecule has 2 nitrogen and oxygen atoms in total. The highest BCUT2D eigenvalue weighted by atomic mass is 35.5. The molecule has 0 unspecified atom stereocenters. The Hall–Kier alpha value is -0.600. The molecule has 0 spiro atoms. The van der Waals surface area contributed by atoms with Crippen molar-refractivity contribution in [2.45, 2.75) is 19.4 Å². The van der Waals surface area contributed by atoms with Gasteiger partial charge in [-0.05, 0) is 24.1 Å². The Kier molecular flexibility index (Phi) is 4.83. The largest absolute Gasteiger partial charge is 0.324 e. The Balaban J connectivity index is 0.000001000. The van der Waals surface area contributed by atoms with E-state index in [1.807, 2.05) is 12.1 Å². The Bertz CT molecular complexity index is 189. The highest BCUT2D eigenvalue weighted by molar-refractivity contribution is 5.85. The summed E-state index contributed by atoms with van der Waals surface area (Å²) in [7, 11) is 0. The minimum atomic E-state index is 0. The van der Waals surface area contributed by atoms with Crippen LogP contribution in [0.1, 0.15) is 24.9 Å². The average Bonchev–Trinajstić information content (AvgIpc) is 2.05. The van der Waals surface area contributed by atoms with Crippen LogP contribution in [-0.2, 0) is 0 Å². The first-order valence-corrected chi connectivity index (χ1v) is 3.50. The van der Waals surface area contributed by atoms with E-state index in [-0.39, 0.29) is 18.4 Å². The van der Waals surface area contributed by atoms with Crippen molar-refractivity contribution in [1.82, 2.24) is 4.98 Å². The fourth-order valence-corrected chi connectivity index (χ4v) is 0.846. The van der Waals surface area contributed by atoms with E-state index in [4.69, 9.17) is 5.73 Å². The van der Waals surface area contributed by atoms with Crippen LogP contribution in [0.15, 0.2) is 24.5 Å². The van der Waals surface area contributed by atoms with E-state index < -0.39 is 0 Å². The predicted octanol–water partition coefficient (Wildman–Crippen LogP) is 1.91. The number of rotatable bonds is 2. The van der Waals surface area contributed by atoms with Crippen LogP contribution in [0.4, 0.5) is 0 Å². The second-order valence-corrected chi connectivity index (χ2v) is 2.30. The van der Waals surface area contributed by atoms with Crippen LogP contribution in [0.5, 0.6) is 0 Å². The number of nitrogens with zero attached hydrogens (tertiary/aromatic N) is 1. The second-order valence-electron chi connectivity index (χ2n) is 2.30. The molecular weight excluding hydrogens is 160 g/mol. The lowest BCUT2D eigenvalue weighted by Crippen LogP contribution is -2.07. The first kappa shape index (κ1) is 10.4. The van der Waals surface area contributed by atoms with Crippen LogP contribution < -0.4 is 5.73 Å². The van der Waals surface area contributed by atoms with Crippen molar-refractivity contribution in [2.75, 3.05) is 0 Å². The Morgan fingerprint density at radius 1 is 1.45 bits per heavy atom. The molecule has 0 saturated carbocycles. The van der Waals surface area contributed by atoms with Crippen molar-refractivity contribution in [3.63, 3.8) is 0 Å². The summed E-state index contributed by atoms with van der Waals surface area (Å²) in [6.07, 6.45) is 4.51. The summed E-state index contributed by atoms with van der Waals surface area (Å²) in [5.74, 6) is 0. The maximum absolute atomic E-state index is 5.77. The predicted molar refractivity (Wildman–Crippen MR) is 48.7 cm³/mol. The summed E-state index contributed by atoms with van der Waals surface area (Å²) < 4.78 is 0. The Morgan fingerprint density at radius 2 is 2.00 bits per heavy atom. The summed E-state index contributed by atoms with van der Waals surface area (Å²) in [6.45, 7) is 2.07. The van der Waals surface area contributed by atoms with Gasteiger partial charge in [0.1, 0.15) is 0 Å². The van der Waals surface area contributed by atoms with E-state index in [0.29, 0.717) is 0 Å². The number of hydrogen-bond donors (Lipinski definition) is 1. The number of aromatic nitrogens is 1. The van der Waals surface area contributed by atoms with Crippen LogP contribution in [-0.4, -0.2) is 4.98 Å². The van der Waals surface area contributed by atoms with E-state index in [2.05, 4.69) is 11.9 Å². The fourth-order valence-electron chi connectivity index (χ4n) is 0.846. The molecule has 0 radical (unpaired) electrons. The van der Waals surface area contributed by atoms with Crippen molar-refractivity contribution in [3.8, 4) is 0 Å². The van der Waals surface area contributed by atoms with Gasteiger partial charge in [-0.2, -0.15) is 0 Å². The molecule has 1 heterocycles. The summed E-state index contributed by atoms with van der Waals surface area (Å²) in [5.41, 5.74) is 6.93. The Labute approximate surface area is 73.2 Å². The van der Waals surface area contributed by atoms with Crippen molar-refractivity contribution in [3.05, 3.63) is 30.1 Å². The molecule has 0 bridgehead atoms. The standard InChI is InChI=1S/C8H12N2.ClH/c1-2-8(9)7-3-5-10-6-4-7;/h3-6,8H,2,9H2,1H3;1H/t8-;/m1./s1. The molecule has 0 amide bonds. The fraction of sp³-hybridized carbons (Fsp3) is 0.375. The maximum Gasteiger partial charge on any atom is 0.0293 e. The Morgan fingerprint density at radius 3 is 2.45 bits per heavy atom. The number of halogens is 1. The van der Waals surface area contributed by atoms with Crippen LogP contribution in [0, 0.1) is 0 Å². The third-order valence-electron chi connectivity index (χ3n) is 1.57. The van der Waals surface area contributed by atoms with Gasteiger partial charge in [-0.25, -0.2) is 0 Å². The summed E-state index contributed by atoms with van der Waals surface area (Å²) in [5, 5.41) is 0. The molecular formula is C8H13ClN2. The monoisotopic (exact) mass is 172 g/mol. The van der Waals surface area contributed by atoms with E-state index in [1.165, 1.54) is 0 Å². The third kappa shape index (κ3) is 2.87. The van der Waals surface area contributed by atoms with Gasteiger partial charge >= 0.3 is 0 Å². The van der Waals surface area contributed by atoms with Crippen LogP contribution in [0.2, 0.25) is 0 Å². The first-order chi connectivity index (χ1) is 4.84. The van der Waals surface area contributed by atoms with Crippen molar-refractivity contribution in [1.29, 1.82) is 0 Å². The molecule has 1 aromatic rings. The quantitative estimate of drug-likeness (QED) is 0.741. The zero-order chi connectivity index (χ0) is 7.40. The molecule has 62 valence electrons. The maximum atomic E-state index is 5.77. The highest BCUT2D eigenvalue weighted by Crippen LogP contribution is 2.10. The van der Waals surface area contributed by atoms with E-state index in [0.717, 1.165) is 12.0 Å². The smallest absolute Gasteiger partial charge is 0.0293 e. The van der Waals surface area contributed by atoms with Gasteiger partial charge in [-0.1, -0.05) is 6.92 Å². The van der Waals surface area contributed by atoms with Gasteiger partial charge in [0.15, 0.2) is 0 Å². The lowest BCUT2D eigenvalue weighted by molar-refractivity contribution is 0.697. The van der Waals surface area contributed by atoms with E-state index >= 15 is 0 Å². The molecule has 0 aromatic carbocycles. The van der Waals surface area contributed by atoms with E-state index in [1.54, 1.807) is 12.4 Å². The summed E-state index contributed by atoms with van der Waals surface area (Å²) >= 11 is 0. The van der Waals surface area contributed by atoms with Crippen molar-refractivity contribution in [2.24, 2.45) is 5.73 Å². The minimum Gasteiger partial charge on any atom is -0.324 e. The molecule has 2 N–H and O–H groups in total. The van der Waals surface area contributed by atoms with Crippen molar-refractivity contribution < 1.29 is 0 Å². The second kappa shape index (κ2) is 5.10. The van der Waals surface area contributed by atoms with Crippen LogP contribution in [0.3, 0.4) is 0 Å². The zero-order valence-corrected chi connectivity index (χ0v) is 7.34. The van der Waals surface area contributed by atoms with Crippen LogP contribution in [0.25, 0.3) is 0 Å². The van der Waals surface area contributed by atoms with Gasteiger partial charge in [0.05, 0.1) is 0 Å². The average molecular weight is 173 g/mol. The van der Waals surface area contributed by atoms with Gasteiger partial charge in [-0.3, -0.25) is 4.98 Å². The third-order valence-corrected chi connectivity index (χ3v) is 1.57. The molecule has 11 heavy (non-hydrogen) atoms. The summed E-state index contributed by atoms with van der Waals surface area (Å²) in [4.78, 5) is 3.91. The topological polar surface area (TPSA) is 38.9 Å². The molecule has 0 aliphatic rings.